The van der Waals surface area contributed by atoms with Crippen molar-refractivity contribution < 1.29 is 9.53 Å². The van der Waals surface area contributed by atoms with Crippen LogP contribution in [0.1, 0.15) is 43.7 Å². The van der Waals surface area contributed by atoms with Gasteiger partial charge in [0.25, 0.3) is 0 Å². The molecule has 0 unspecified atom stereocenters. The van der Waals surface area contributed by atoms with E-state index in [1.807, 2.05) is 36.4 Å². The van der Waals surface area contributed by atoms with Crippen molar-refractivity contribution in [1.82, 2.24) is 15.1 Å². The molecule has 2 aliphatic rings. The van der Waals surface area contributed by atoms with Crippen LogP contribution >= 0.6 is 22.9 Å². The third kappa shape index (κ3) is 6.20. The minimum absolute atomic E-state index is 0.226. The lowest BCUT2D eigenvalue weighted by Crippen LogP contribution is -2.55. The Morgan fingerprint density at radius 1 is 1.05 bits per heavy atom. The summed E-state index contributed by atoms with van der Waals surface area (Å²) in [5, 5.41) is 8.34. The second-order valence-corrected chi connectivity index (χ2v) is 11.4. The second kappa shape index (κ2) is 12.0. The number of carbonyl (C=O) groups is 1. The van der Waals surface area contributed by atoms with Crippen molar-refractivity contribution in [2.24, 2.45) is 0 Å². The van der Waals surface area contributed by atoms with E-state index in [1.54, 1.807) is 11.3 Å². The van der Waals surface area contributed by atoms with Crippen LogP contribution in [0.4, 0.5) is 0 Å². The Kier molecular flexibility index (Phi) is 8.50. The molecule has 0 aliphatic carbocycles. The molecule has 0 bridgehead atoms. The number of ether oxygens (including phenoxy) is 1. The monoisotopic (exact) mass is 537 g/mol. The number of hydrogen-bond donors (Lipinski definition) is 1. The number of likely N-dealkylation sites (tertiary alicyclic amines) is 2. The molecule has 37 heavy (non-hydrogen) atoms. The van der Waals surface area contributed by atoms with Crippen LogP contribution in [0, 0.1) is 0 Å². The van der Waals surface area contributed by atoms with E-state index < -0.39 is 0 Å². The van der Waals surface area contributed by atoms with Gasteiger partial charge < -0.3 is 15.0 Å². The molecule has 0 atom stereocenters. The molecule has 3 aromatic rings. The number of benzene rings is 2. The summed E-state index contributed by atoms with van der Waals surface area (Å²) in [6.07, 6.45) is 3.74. The Hall–Kier alpha value is -2.38. The van der Waals surface area contributed by atoms with Crippen molar-refractivity contribution in [2.45, 2.75) is 50.6 Å². The van der Waals surface area contributed by atoms with Gasteiger partial charge in [-0.25, -0.2) is 0 Å². The van der Waals surface area contributed by atoms with Crippen molar-refractivity contribution in [3.8, 4) is 11.5 Å². The Labute approximate surface area is 229 Å². The number of hydrogen-bond acceptors (Lipinski definition) is 5. The maximum Gasteiger partial charge on any atom is 0.231 e. The summed E-state index contributed by atoms with van der Waals surface area (Å²) in [6.45, 7) is 8.02. The Bertz CT molecular complexity index is 1170. The van der Waals surface area contributed by atoms with Gasteiger partial charge >= 0.3 is 0 Å². The van der Waals surface area contributed by atoms with E-state index in [0.717, 1.165) is 70.7 Å². The van der Waals surface area contributed by atoms with Crippen molar-refractivity contribution in [3.05, 3.63) is 81.5 Å². The maximum atomic E-state index is 13.7. The van der Waals surface area contributed by atoms with E-state index in [-0.39, 0.29) is 17.4 Å². The molecule has 3 heterocycles. The highest BCUT2D eigenvalue weighted by molar-refractivity contribution is 7.08. The molecule has 5 rings (SSSR count). The average molecular weight is 538 g/mol. The standard InChI is InChI=1S/C30H36ClN3O2S/c1-2-33-17-13-30(14-18-33,24-12-19-37-22-24)29(35)32-25-10-15-34(16-11-25)21-23-6-5-7-26(20-23)36-28-9-4-3-8-27(28)31/h3-9,12,19-20,22,25H,2,10-11,13-18,21H2,1H3,(H,32,35). The van der Waals surface area contributed by atoms with Crippen LogP contribution in [-0.2, 0) is 16.8 Å². The van der Waals surface area contributed by atoms with Gasteiger partial charge in [-0.15, -0.1) is 0 Å². The molecule has 1 amide bonds. The molecule has 5 nitrogen and oxygen atoms in total. The van der Waals surface area contributed by atoms with Gasteiger partial charge in [0.1, 0.15) is 11.5 Å². The second-order valence-electron chi connectivity index (χ2n) is 10.2. The maximum absolute atomic E-state index is 13.7. The minimum atomic E-state index is -0.384. The lowest BCUT2D eigenvalue weighted by atomic mass is 9.72. The van der Waals surface area contributed by atoms with Crippen LogP contribution in [0.25, 0.3) is 0 Å². The summed E-state index contributed by atoms with van der Waals surface area (Å²) in [5.74, 6) is 1.68. The van der Waals surface area contributed by atoms with Crippen LogP contribution in [0.5, 0.6) is 11.5 Å². The summed E-state index contributed by atoms with van der Waals surface area (Å²) in [6, 6.07) is 18.1. The van der Waals surface area contributed by atoms with E-state index >= 15 is 0 Å². The van der Waals surface area contributed by atoms with Crippen molar-refractivity contribution in [3.63, 3.8) is 0 Å². The molecular formula is C30H36ClN3O2S. The lowest BCUT2D eigenvalue weighted by molar-refractivity contribution is -0.129. The first-order valence-electron chi connectivity index (χ1n) is 13.4. The summed E-state index contributed by atoms with van der Waals surface area (Å²) < 4.78 is 6.01. The molecular weight excluding hydrogens is 502 g/mol. The van der Waals surface area contributed by atoms with Gasteiger partial charge in [0.15, 0.2) is 0 Å². The fourth-order valence-electron chi connectivity index (χ4n) is 5.61. The molecule has 1 N–H and O–H groups in total. The van der Waals surface area contributed by atoms with Crippen molar-refractivity contribution in [2.75, 3.05) is 32.7 Å². The first-order valence-corrected chi connectivity index (χ1v) is 14.7. The Morgan fingerprint density at radius 3 is 2.54 bits per heavy atom. The van der Waals surface area contributed by atoms with Gasteiger partial charge in [0.05, 0.1) is 10.4 Å². The van der Waals surface area contributed by atoms with Crippen LogP contribution in [0.3, 0.4) is 0 Å². The molecule has 0 saturated carbocycles. The number of rotatable bonds is 8. The van der Waals surface area contributed by atoms with Crippen LogP contribution in [0.2, 0.25) is 5.02 Å². The van der Waals surface area contributed by atoms with E-state index in [4.69, 9.17) is 16.3 Å². The summed E-state index contributed by atoms with van der Waals surface area (Å²) in [5.41, 5.74) is 2.03. The van der Waals surface area contributed by atoms with Gasteiger partial charge in [-0.3, -0.25) is 9.69 Å². The van der Waals surface area contributed by atoms with E-state index in [2.05, 4.69) is 51.0 Å². The number of amides is 1. The summed E-state index contributed by atoms with van der Waals surface area (Å²) >= 11 is 7.94. The number of nitrogens with zero attached hydrogens (tertiary/aromatic N) is 2. The number of halogens is 1. The molecule has 0 radical (unpaired) electrons. The minimum Gasteiger partial charge on any atom is -0.456 e. The third-order valence-electron chi connectivity index (χ3n) is 7.96. The summed E-state index contributed by atoms with van der Waals surface area (Å²) in [4.78, 5) is 18.6. The van der Waals surface area contributed by atoms with Crippen molar-refractivity contribution in [1.29, 1.82) is 0 Å². The molecule has 2 fully saturated rings. The Balaban J connectivity index is 1.15. The highest BCUT2D eigenvalue weighted by Crippen LogP contribution is 2.37. The van der Waals surface area contributed by atoms with Crippen LogP contribution in [-0.4, -0.2) is 54.5 Å². The van der Waals surface area contributed by atoms with E-state index in [0.29, 0.717) is 10.8 Å². The van der Waals surface area contributed by atoms with Gasteiger partial charge in [0, 0.05) is 25.7 Å². The zero-order valence-corrected chi connectivity index (χ0v) is 23.1. The Morgan fingerprint density at radius 2 is 1.84 bits per heavy atom. The van der Waals surface area contributed by atoms with Gasteiger partial charge in [-0.2, -0.15) is 11.3 Å². The number of thiophene rings is 1. The van der Waals surface area contributed by atoms with Crippen LogP contribution < -0.4 is 10.1 Å². The van der Waals surface area contributed by atoms with Gasteiger partial charge in [-0.05, 0) is 97.5 Å². The number of carbonyl (C=O) groups excluding carboxylic acids is 1. The molecule has 2 aromatic carbocycles. The van der Waals surface area contributed by atoms with Crippen LogP contribution in [0.15, 0.2) is 65.4 Å². The zero-order chi connectivity index (χ0) is 25.7. The fraction of sp³-hybridized carbons (Fsp3) is 0.433. The number of para-hydroxylation sites is 1. The topological polar surface area (TPSA) is 44.8 Å². The summed E-state index contributed by atoms with van der Waals surface area (Å²) in [7, 11) is 0. The first-order chi connectivity index (χ1) is 18.1. The zero-order valence-electron chi connectivity index (χ0n) is 21.5. The highest BCUT2D eigenvalue weighted by Gasteiger charge is 2.43. The molecule has 2 aliphatic heterocycles. The van der Waals surface area contributed by atoms with E-state index in [9.17, 15) is 4.79 Å². The van der Waals surface area contributed by atoms with Gasteiger partial charge in [-0.1, -0.05) is 42.8 Å². The van der Waals surface area contributed by atoms with Crippen molar-refractivity contribution >= 4 is 28.8 Å². The van der Waals surface area contributed by atoms with E-state index in [1.165, 1.54) is 11.1 Å². The quantitative estimate of drug-likeness (QED) is 0.365. The number of piperidine rings is 2. The average Bonchev–Trinajstić information content (AvgIpc) is 3.47. The molecule has 1 aromatic heterocycles. The highest BCUT2D eigenvalue weighted by atomic mass is 35.5. The largest absolute Gasteiger partial charge is 0.456 e. The molecule has 2 saturated heterocycles. The number of nitrogens with one attached hydrogen (secondary N) is 1. The fourth-order valence-corrected chi connectivity index (χ4v) is 6.54. The lowest BCUT2D eigenvalue weighted by Gasteiger charge is -2.42. The molecule has 196 valence electrons. The third-order valence-corrected chi connectivity index (χ3v) is 8.95. The first kappa shape index (κ1) is 26.2. The van der Waals surface area contributed by atoms with Gasteiger partial charge in [0.2, 0.25) is 5.91 Å². The smallest absolute Gasteiger partial charge is 0.231 e. The predicted octanol–water partition coefficient (Wildman–Crippen LogP) is 6.33. The molecule has 7 heteroatoms. The predicted molar refractivity (Wildman–Crippen MR) is 152 cm³/mol. The normalized spacial score (nSPS) is 19.0. The SMILES string of the molecule is CCN1CCC(C(=O)NC2CCN(Cc3cccc(Oc4ccccc4Cl)c3)CC2)(c2ccsc2)CC1. The molecule has 0 spiro atoms.